The molecule has 1 aromatic carbocycles. The van der Waals surface area contributed by atoms with E-state index in [2.05, 4.69) is 4.72 Å². The lowest BCUT2D eigenvalue weighted by molar-refractivity contribution is 0.482. The molecule has 0 saturated carbocycles. The maximum absolute atomic E-state index is 13.6. The second-order valence-corrected chi connectivity index (χ2v) is 6.35. The highest BCUT2D eigenvalue weighted by Gasteiger charge is 2.26. The van der Waals surface area contributed by atoms with Crippen LogP contribution in [0, 0.1) is 5.82 Å². The second-order valence-electron chi connectivity index (χ2n) is 4.24. The van der Waals surface area contributed by atoms with Crippen LogP contribution in [0.5, 0.6) is 0 Å². The quantitative estimate of drug-likeness (QED) is 0.820. The Balaban J connectivity index is 2.33. The molecule has 104 valence electrons. The van der Waals surface area contributed by atoms with Gasteiger partial charge in [-0.25, -0.2) is 4.39 Å². The van der Waals surface area contributed by atoms with Crippen LogP contribution in [0.3, 0.4) is 0 Å². The van der Waals surface area contributed by atoms with E-state index in [1.165, 1.54) is 22.5 Å². The lowest BCUT2D eigenvalue weighted by Crippen LogP contribution is -2.34. The van der Waals surface area contributed by atoms with Crippen LogP contribution in [-0.2, 0) is 10.2 Å². The molecule has 1 aromatic rings. The van der Waals surface area contributed by atoms with Crippen LogP contribution in [0.25, 0.3) is 0 Å². The van der Waals surface area contributed by atoms with E-state index >= 15 is 0 Å². The minimum absolute atomic E-state index is 0.0689. The number of nitrogens with zero attached hydrogens (tertiary/aromatic N) is 1. The number of hydrogen-bond donors (Lipinski definition) is 2. The molecule has 1 aliphatic heterocycles. The Bertz CT molecular complexity index is 598. The molecule has 1 heterocycles. The van der Waals surface area contributed by atoms with Crippen molar-refractivity contribution in [3.63, 3.8) is 0 Å². The van der Waals surface area contributed by atoms with Crippen molar-refractivity contribution in [1.29, 1.82) is 0 Å². The summed E-state index contributed by atoms with van der Waals surface area (Å²) in [6.07, 6.45) is 1.65. The van der Waals surface area contributed by atoms with Gasteiger partial charge in [0.25, 0.3) is 0 Å². The summed E-state index contributed by atoms with van der Waals surface area (Å²) in [5.74, 6) is -0.644. The van der Waals surface area contributed by atoms with E-state index in [1.807, 2.05) is 0 Å². The molecule has 0 radical (unpaired) electrons. The first-order chi connectivity index (χ1) is 8.92. The number of nitrogens with two attached hydrogens (primary N) is 1. The highest BCUT2D eigenvalue weighted by atomic mass is 32.2. The van der Waals surface area contributed by atoms with E-state index < -0.39 is 16.0 Å². The van der Waals surface area contributed by atoms with Crippen molar-refractivity contribution >= 4 is 33.1 Å². The van der Waals surface area contributed by atoms with Gasteiger partial charge in [0.05, 0.1) is 11.3 Å². The molecule has 19 heavy (non-hydrogen) atoms. The van der Waals surface area contributed by atoms with E-state index in [-0.39, 0.29) is 16.2 Å². The normalized spacial score (nSPS) is 16.5. The minimum atomic E-state index is -3.68. The average molecular weight is 303 g/mol. The maximum Gasteiger partial charge on any atom is 0.301 e. The molecule has 0 aliphatic carbocycles. The average Bonchev–Trinajstić information content (AvgIpc) is 2.81. The molecule has 0 spiro atoms. The van der Waals surface area contributed by atoms with Crippen LogP contribution >= 0.6 is 12.2 Å². The number of benzene rings is 1. The fourth-order valence-corrected chi connectivity index (χ4v) is 3.52. The maximum atomic E-state index is 13.6. The monoisotopic (exact) mass is 303 g/mol. The third-order valence-corrected chi connectivity index (χ3v) is 4.63. The van der Waals surface area contributed by atoms with E-state index in [0.29, 0.717) is 13.1 Å². The number of hydrogen-bond acceptors (Lipinski definition) is 3. The molecular weight excluding hydrogens is 289 g/mol. The van der Waals surface area contributed by atoms with Gasteiger partial charge in [0.1, 0.15) is 10.8 Å². The Morgan fingerprint density at radius 1 is 1.37 bits per heavy atom. The lowest BCUT2D eigenvalue weighted by Gasteiger charge is -2.18. The Hall–Kier alpha value is -1.25. The Morgan fingerprint density at radius 3 is 2.58 bits per heavy atom. The van der Waals surface area contributed by atoms with Crippen molar-refractivity contribution in [3.8, 4) is 0 Å². The van der Waals surface area contributed by atoms with Gasteiger partial charge in [0.2, 0.25) is 0 Å². The zero-order valence-corrected chi connectivity index (χ0v) is 11.7. The summed E-state index contributed by atoms with van der Waals surface area (Å²) >= 11 is 4.75. The molecule has 0 bridgehead atoms. The lowest BCUT2D eigenvalue weighted by atomic mass is 10.2. The van der Waals surface area contributed by atoms with E-state index in [9.17, 15) is 12.8 Å². The molecule has 0 aromatic heterocycles. The molecular formula is C11H14FN3O2S2. The van der Waals surface area contributed by atoms with Gasteiger partial charge in [0, 0.05) is 13.1 Å². The van der Waals surface area contributed by atoms with Crippen molar-refractivity contribution in [2.24, 2.45) is 5.73 Å². The molecule has 5 nitrogen and oxygen atoms in total. The standard InChI is InChI=1S/C11H14FN3O2S2/c12-8-4-3-5-9(10(8)11(13)18)14-19(16,17)15-6-1-2-7-15/h3-5,14H,1-2,6-7H2,(H2,13,18). The molecule has 0 amide bonds. The summed E-state index contributed by atoms with van der Waals surface area (Å²) in [5.41, 5.74) is 5.42. The van der Waals surface area contributed by atoms with Crippen LogP contribution in [-0.4, -0.2) is 30.8 Å². The van der Waals surface area contributed by atoms with Gasteiger partial charge in [-0.2, -0.15) is 12.7 Å². The second kappa shape index (κ2) is 5.40. The van der Waals surface area contributed by atoms with Crippen molar-refractivity contribution in [3.05, 3.63) is 29.6 Å². The molecule has 1 fully saturated rings. The number of thiocarbonyl (C=S) groups is 1. The van der Waals surface area contributed by atoms with Crippen molar-refractivity contribution in [2.45, 2.75) is 12.8 Å². The largest absolute Gasteiger partial charge is 0.389 e. The Morgan fingerprint density at radius 2 is 2.00 bits per heavy atom. The van der Waals surface area contributed by atoms with Gasteiger partial charge in [0.15, 0.2) is 0 Å². The van der Waals surface area contributed by atoms with Crippen molar-refractivity contribution in [2.75, 3.05) is 17.8 Å². The van der Waals surface area contributed by atoms with Crippen LogP contribution in [0.15, 0.2) is 18.2 Å². The van der Waals surface area contributed by atoms with Gasteiger partial charge >= 0.3 is 10.2 Å². The zero-order chi connectivity index (χ0) is 14.0. The highest BCUT2D eigenvalue weighted by molar-refractivity contribution is 7.90. The Labute approximate surface area is 116 Å². The van der Waals surface area contributed by atoms with Crippen LogP contribution in [0.1, 0.15) is 18.4 Å². The SMILES string of the molecule is NC(=S)c1c(F)cccc1NS(=O)(=O)N1CCCC1. The van der Waals surface area contributed by atoms with Gasteiger partial charge in [-0.05, 0) is 25.0 Å². The summed E-state index contributed by atoms with van der Waals surface area (Å²) in [5, 5.41) is 0. The predicted octanol–water partition coefficient (Wildman–Crippen LogP) is 1.21. The van der Waals surface area contributed by atoms with Gasteiger partial charge < -0.3 is 5.73 Å². The summed E-state index contributed by atoms with van der Waals surface area (Å²) in [7, 11) is -3.68. The molecule has 1 aliphatic rings. The fraction of sp³-hybridized carbons (Fsp3) is 0.364. The summed E-state index contributed by atoms with van der Waals surface area (Å²) in [6.45, 7) is 0.931. The van der Waals surface area contributed by atoms with E-state index in [1.54, 1.807) is 0 Å². The molecule has 3 N–H and O–H groups in total. The Kier molecular flexibility index (Phi) is 4.02. The first-order valence-electron chi connectivity index (χ1n) is 5.78. The van der Waals surface area contributed by atoms with E-state index in [4.69, 9.17) is 18.0 Å². The first kappa shape index (κ1) is 14.2. The van der Waals surface area contributed by atoms with Gasteiger partial charge in [-0.3, -0.25) is 4.72 Å². The van der Waals surface area contributed by atoms with Crippen LogP contribution in [0.2, 0.25) is 0 Å². The topological polar surface area (TPSA) is 75.4 Å². The fourth-order valence-electron chi connectivity index (χ4n) is 1.99. The third-order valence-electron chi connectivity index (χ3n) is 2.90. The zero-order valence-electron chi connectivity index (χ0n) is 10.1. The highest BCUT2D eigenvalue weighted by Crippen LogP contribution is 2.22. The number of anilines is 1. The van der Waals surface area contributed by atoms with E-state index in [0.717, 1.165) is 12.8 Å². The first-order valence-corrected chi connectivity index (χ1v) is 7.63. The molecule has 2 rings (SSSR count). The number of halogens is 1. The van der Waals surface area contributed by atoms with Crippen LogP contribution in [0.4, 0.5) is 10.1 Å². The summed E-state index contributed by atoms with van der Waals surface area (Å²) in [4.78, 5) is -0.183. The smallest absolute Gasteiger partial charge is 0.301 e. The third kappa shape index (κ3) is 3.02. The molecule has 0 unspecified atom stereocenters. The van der Waals surface area contributed by atoms with Crippen molar-refractivity contribution in [1.82, 2.24) is 4.31 Å². The van der Waals surface area contributed by atoms with Gasteiger partial charge in [-0.1, -0.05) is 18.3 Å². The summed E-state index contributed by atoms with van der Waals surface area (Å²) < 4.78 is 41.5. The predicted molar refractivity (Wildman–Crippen MR) is 75.6 cm³/mol. The molecule has 8 heteroatoms. The number of rotatable bonds is 4. The van der Waals surface area contributed by atoms with Gasteiger partial charge in [-0.15, -0.1) is 0 Å². The summed E-state index contributed by atoms with van der Waals surface area (Å²) in [6, 6.07) is 4.02. The van der Waals surface area contributed by atoms with Crippen LogP contribution < -0.4 is 10.5 Å². The number of nitrogens with one attached hydrogen (secondary N) is 1. The molecule has 0 atom stereocenters. The minimum Gasteiger partial charge on any atom is -0.389 e. The van der Waals surface area contributed by atoms with Crippen molar-refractivity contribution < 1.29 is 12.8 Å². The molecule has 1 saturated heterocycles.